The third-order valence-corrected chi connectivity index (χ3v) is 4.28. The summed E-state index contributed by atoms with van der Waals surface area (Å²) in [5.41, 5.74) is 2.76. The minimum Gasteiger partial charge on any atom is -0.341 e. The number of imidazole rings is 1. The number of fused-ring (bicyclic) bond motifs is 1. The molecular formula is C14H18N4OS. The fourth-order valence-corrected chi connectivity index (χ4v) is 3.16. The molecule has 1 unspecified atom stereocenters. The van der Waals surface area contributed by atoms with Crippen LogP contribution in [0.4, 0.5) is 0 Å². The molecule has 6 heteroatoms. The molecule has 5 nitrogen and oxygen atoms in total. The number of aromatic amines is 1. The molecule has 0 radical (unpaired) electrons. The molecule has 0 saturated carbocycles. The first-order valence-corrected chi connectivity index (χ1v) is 7.35. The van der Waals surface area contributed by atoms with Crippen LogP contribution in [-0.4, -0.2) is 38.4 Å². The number of nitrogens with one attached hydrogen (secondary N) is 1. The van der Waals surface area contributed by atoms with Crippen molar-refractivity contribution in [3.8, 4) is 0 Å². The van der Waals surface area contributed by atoms with Gasteiger partial charge in [-0.1, -0.05) is 0 Å². The van der Waals surface area contributed by atoms with Crippen molar-refractivity contribution in [2.45, 2.75) is 32.7 Å². The van der Waals surface area contributed by atoms with Crippen molar-refractivity contribution < 1.29 is 4.79 Å². The molecule has 0 bridgehead atoms. The van der Waals surface area contributed by atoms with Gasteiger partial charge in [0.05, 0.1) is 5.52 Å². The van der Waals surface area contributed by atoms with Crippen LogP contribution in [0.1, 0.15) is 31.4 Å². The van der Waals surface area contributed by atoms with E-state index in [4.69, 9.17) is 12.2 Å². The fraction of sp³-hybridized carbons (Fsp3) is 0.500. The number of hydrogen-bond donors (Lipinski definition) is 1. The number of H-pyrrole nitrogens is 1. The predicted molar refractivity (Wildman–Crippen MR) is 80.2 cm³/mol. The van der Waals surface area contributed by atoms with Gasteiger partial charge in [-0.05, 0) is 50.5 Å². The van der Waals surface area contributed by atoms with Gasteiger partial charge in [0.2, 0.25) is 5.91 Å². The minimum absolute atomic E-state index is 0.128. The molecule has 1 amide bonds. The van der Waals surface area contributed by atoms with Gasteiger partial charge in [-0.25, -0.2) is 4.98 Å². The Morgan fingerprint density at radius 3 is 2.85 bits per heavy atom. The van der Waals surface area contributed by atoms with Crippen LogP contribution in [-0.2, 0) is 4.79 Å². The Labute approximate surface area is 122 Å². The number of aromatic nitrogens is 3. The first-order chi connectivity index (χ1) is 9.59. The normalized spacial score (nSPS) is 16.8. The highest BCUT2D eigenvalue weighted by atomic mass is 32.1. The van der Waals surface area contributed by atoms with Crippen molar-refractivity contribution in [1.29, 1.82) is 0 Å². The first-order valence-electron chi connectivity index (χ1n) is 6.94. The summed E-state index contributed by atoms with van der Waals surface area (Å²) in [6, 6.07) is 1.62. The van der Waals surface area contributed by atoms with Crippen LogP contribution in [0.25, 0.3) is 11.2 Å². The molecular weight excluding hydrogens is 272 g/mol. The zero-order chi connectivity index (χ0) is 14.3. The van der Waals surface area contributed by atoms with E-state index < -0.39 is 0 Å². The zero-order valence-electron chi connectivity index (χ0n) is 11.7. The molecule has 3 heterocycles. The van der Waals surface area contributed by atoms with E-state index in [-0.39, 0.29) is 11.9 Å². The van der Waals surface area contributed by atoms with Gasteiger partial charge in [0.1, 0.15) is 6.04 Å². The van der Waals surface area contributed by atoms with Gasteiger partial charge in [-0.15, -0.1) is 0 Å². The van der Waals surface area contributed by atoms with Crippen LogP contribution in [0.15, 0.2) is 12.3 Å². The van der Waals surface area contributed by atoms with Crippen molar-refractivity contribution in [1.82, 2.24) is 19.4 Å². The molecule has 2 aromatic rings. The molecule has 1 saturated heterocycles. The van der Waals surface area contributed by atoms with E-state index in [0.717, 1.165) is 42.7 Å². The number of aryl methyl sites for hydroxylation is 1. The first kappa shape index (κ1) is 13.3. The van der Waals surface area contributed by atoms with Crippen molar-refractivity contribution in [2.75, 3.05) is 13.1 Å². The summed E-state index contributed by atoms with van der Waals surface area (Å²) in [4.78, 5) is 22.0. The van der Waals surface area contributed by atoms with Crippen LogP contribution in [0.5, 0.6) is 0 Å². The summed E-state index contributed by atoms with van der Waals surface area (Å²) in [5.74, 6) is 0.128. The maximum Gasteiger partial charge on any atom is 0.245 e. The number of pyridine rings is 1. The van der Waals surface area contributed by atoms with Crippen molar-refractivity contribution in [3.05, 3.63) is 22.6 Å². The number of carbonyl (C=O) groups is 1. The second-order valence-electron chi connectivity index (χ2n) is 5.33. The average Bonchev–Trinajstić information content (AvgIpc) is 3.05. The van der Waals surface area contributed by atoms with Crippen molar-refractivity contribution in [2.24, 2.45) is 0 Å². The van der Waals surface area contributed by atoms with Gasteiger partial charge in [-0.3, -0.25) is 9.36 Å². The topological polar surface area (TPSA) is 53.9 Å². The van der Waals surface area contributed by atoms with Crippen LogP contribution >= 0.6 is 12.2 Å². The Balaban J connectivity index is 2.05. The Hall–Kier alpha value is -1.69. The summed E-state index contributed by atoms with van der Waals surface area (Å²) in [6.07, 6.45) is 3.94. The molecule has 1 fully saturated rings. The molecule has 0 spiro atoms. The van der Waals surface area contributed by atoms with Gasteiger partial charge < -0.3 is 9.88 Å². The highest BCUT2D eigenvalue weighted by Crippen LogP contribution is 2.22. The largest absolute Gasteiger partial charge is 0.341 e. The van der Waals surface area contributed by atoms with Gasteiger partial charge in [-0.2, -0.15) is 0 Å². The number of nitrogens with zero attached hydrogens (tertiary/aromatic N) is 3. The van der Waals surface area contributed by atoms with E-state index in [2.05, 4.69) is 9.97 Å². The van der Waals surface area contributed by atoms with E-state index in [0.29, 0.717) is 4.77 Å². The molecule has 0 aliphatic carbocycles. The predicted octanol–water partition coefficient (Wildman–Crippen LogP) is 2.59. The summed E-state index contributed by atoms with van der Waals surface area (Å²) in [5, 5.41) is 0. The van der Waals surface area contributed by atoms with Crippen LogP contribution in [0, 0.1) is 11.7 Å². The fourth-order valence-electron chi connectivity index (χ4n) is 2.82. The lowest BCUT2D eigenvalue weighted by Crippen LogP contribution is -2.34. The lowest BCUT2D eigenvalue weighted by molar-refractivity contribution is -0.133. The number of hydrogen-bond acceptors (Lipinski definition) is 3. The summed E-state index contributed by atoms with van der Waals surface area (Å²) in [6.45, 7) is 5.61. The standard InChI is InChI=1S/C14H18N4OS/c1-9-5-6-15-12-11(9)16-14(20)18(12)10(2)13(19)17-7-3-4-8-17/h5-6,10H,3-4,7-8H2,1-2H3,(H,16,20). The van der Waals surface area contributed by atoms with Crippen LogP contribution in [0.2, 0.25) is 0 Å². The molecule has 1 N–H and O–H groups in total. The van der Waals surface area contributed by atoms with E-state index in [1.54, 1.807) is 6.20 Å². The van der Waals surface area contributed by atoms with Gasteiger partial charge >= 0.3 is 0 Å². The second-order valence-corrected chi connectivity index (χ2v) is 5.72. The number of amides is 1. The second kappa shape index (κ2) is 5.01. The van der Waals surface area contributed by atoms with Crippen LogP contribution in [0.3, 0.4) is 0 Å². The van der Waals surface area contributed by atoms with Gasteiger partial charge in [0.25, 0.3) is 0 Å². The summed E-state index contributed by atoms with van der Waals surface area (Å²) < 4.78 is 2.39. The molecule has 1 atom stereocenters. The zero-order valence-corrected chi connectivity index (χ0v) is 12.5. The molecule has 2 aromatic heterocycles. The lowest BCUT2D eigenvalue weighted by Gasteiger charge is -2.21. The Kier molecular flexibility index (Phi) is 3.33. The van der Waals surface area contributed by atoms with E-state index in [9.17, 15) is 4.79 Å². The third-order valence-electron chi connectivity index (χ3n) is 3.98. The molecule has 1 aliphatic heterocycles. The summed E-state index contributed by atoms with van der Waals surface area (Å²) >= 11 is 5.38. The molecule has 0 aromatic carbocycles. The van der Waals surface area contributed by atoms with E-state index in [1.807, 2.05) is 29.4 Å². The van der Waals surface area contributed by atoms with Crippen molar-refractivity contribution in [3.63, 3.8) is 0 Å². The Morgan fingerprint density at radius 2 is 2.15 bits per heavy atom. The molecule has 3 rings (SSSR count). The van der Waals surface area contributed by atoms with E-state index >= 15 is 0 Å². The smallest absolute Gasteiger partial charge is 0.245 e. The lowest BCUT2D eigenvalue weighted by atomic mass is 10.2. The monoisotopic (exact) mass is 290 g/mol. The van der Waals surface area contributed by atoms with Crippen LogP contribution < -0.4 is 0 Å². The number of rotatable bonds is 2. The highest BCUT2D eigenvalue weighted by molar-refractivity contribution is 7.71. The highest BCUT2D eigenvalue weighted by Gasteiger charge is 2.26. The maximum atomic E-state index is 12.5. The third kappa shape index (κ3) is 2.04. The Morgan fingerprint density at radius 1 is 1.45 bits per heavy atom. The van der Waals surface area contributed by atoms with E-state index in [1.165, 1.54) is 0 Å². The number of carbonyl (C=O) groups excluding carboxylic acids is 1. The minimum atomic E-state index is -0.316. The maximum absolute atomic E-state index is 12.5. The molecule has 1 aliphatic rings. The molecule has 20 heavy (non-hydrogen) atoms. The van der Waals surface area contributed by atoms with Gasteiger partial charge in [0, 0.05) is 19.3 Å². The SMILES string of the molecule is Cc1ccnc2c1[nH]c(=S)n2C(C)C(=O)N1CCCC1. The quantitative estimate of drug-likeness (QED) is 0.865. The number of likely N-dealkylation sites (tertiary alicyclic amines) is 1. The molecule has 106 valence electrons. The average molecular weight is 290 g/mol. The Bertz CT molecular complexity index is 712. The van der Waals surface area contributed by atoms with Crippen molar-refractivity contribution >= 4 is 29.3 Å². The summed E-state index contributed by atoms with van der Waals surface area (Å²) in [7, 11) is 0. The van der Waals surface area contributed by atoms with Gasteiger partial charge in [0.15, 0.2) is 10.4 Å².